The molecule has 0 radical (unpaired) electrons. The van der Waals surface area contributed by atoms with Crippen molar-refractivity contribution in [1.82, 2.24) is 14.9 Å². The van der Waals surface area contributed by atoms with Crippen molar-refractivity contribution in [3.8, 4) is 5.69 Å². The first-order chi connectivity index (χ1) is 18.1. The van der Waals surface area contributed by atoms with E-state index in [0.717, 1.165) is 12.5 Å². The molecule has 3 aromatic rings. The predicted octanol–water partition coefficient (Wildman–Crippen LogP) is 4.86. The molecule has 4 atom stereocenters. The molecule has 2 heterocycles. The largest absolute Gasteiger partial charge is 0.357 e. The van der Waals surface area contributed by atoms with Gasteiger partial charge in [-0.25, -0.2) is 22.5 Å². The Hall–Kier alpha value is -3.43. The van der Waals surface area contributed by atoms with Gasteiger partial charge in [-0.1, -0.05) is 0 Å². The van der Waals surface area contributed by atoms with Crippen LogP contribution in [0.4, 0.5) is 23.4 Å². The molecular formula is C28H28F4N4O2. The number of halogens is 4. The number of rotatable bonds is 6. The number of fused-ring (bicyclic) bond motifs is 1. The lowest BCUT2D eigenvalue weighted by Gasteiger charge is -2.59. The molecule has 2 aromatic heterocycles. The molecule has 4 aliphatic rings. The molecule has 6 nitrogen and oxygen atoms in total. The molecule has 4 fully saturated rings. The van der Waals surface area contributed by atoms with Gasteiger partial charge in [0.1, 0.15) is 35.4 Å². The van der Waals surface area contributed by atoms with E-state index in [9.17, 15) is 22.8 Å². The lowest BCUT2D eigenvalue weighted by atomic mass is 9.51. The maximum Gasteiger partial charge on any atom is 0.257 e. The Morgan fingerprint density at radius 2 is 1.89 bits per heavy atom. The van der Waals surface area contributed by atoms with E-state index in [-0.39, 0.29) is 47.1 Å². The van der Waals surface area contributed by atoms with Gasteiger partial charge in [0.05, 0.1) is 11.1 Å². The van der Waals surface area contributed by atoms with Gasteiger partial charge in [0.25, 0.3) is 5.91 Å². The molecule has 4 bridgehead atoms. The van der Waals surface area contributed by atoms with Gasteiger partial charge in [-0.05, 0) is 68.2 Å². The molecule has 0 aliphatic heterocycles. The summed E-state index contributed by atoms with van der Waals surface area (Å²) in [5.74, 6) is -1.61. The van der Waals surface area contributed by atoms with Crippen LogP contribution in [0.15, 0.2) is 41.3 Å². The Morgan fingerprint density at radius 3 is 2.55 bits per heavy atom. The summed E-state index contributed by atoms with van der Waals surface area (Å²) in [5, 5.41) is 3.05. The molecule has 38 heavy (non-hydrogen) atoms. The number of nitrogens with zero attached hydrogens (tertiary/aromatic N) is 3. The topological polar surface area (TPSA) is 67.2 Å². The SMILES string of the molecule is CN(CCF)c1ccc2c(=O)c(C(=O)NC34CC5C[C@H](CC(F)(C5)C3)C4)cn(-c3ccc(F)cc3F)c2n1. The summed E-state index contributed by atoms with van der Waals surface area (Å²) in [6.07, 6.45) is 4.74. The summed E-state index contributed by atoms with van der Waals surface area (Å²) >= 11 is 0. The van der Waals surface area contributed by atoms with Gasteiger partial charge in [0.2, 0.25) is 5.43 Å². The number of pyridine rings is 2. The first-order valence-electron chi connectivity index (χ1n) is 12.9. The van der Waals surface area contributed by atoms with Gasteiger partial charge in [-0.2, -0.15) is 0 Å². The number of alkyl halides is 2. The van der Waals surface area contributed by atoms with Crippen LogP contribution in [0.5, 0.6) is 0 Å². The average Bonchev–Trinajstić information content (AvgIpc) is 2.83. The Labute approximate surface area is 216 Å². The minimum atomic E-state index is -1.30. The van der Waals surface area contributed by atoms with Crippen LogP contribution in [0.3, 0.4) is 0 Å². The summed E-state index contributed by atoms with van der Waals surface area (Å²) in [7, 11) is 1.62. The van der Waals surface area contributed by atoms with Crippen LogP contribution < -0.4 is 15.6 Å². The van der Waals surface area contributed by atoms with E-state index in [4.69, 9.17) is 0 Å². The van der Waals surface area contributed by atoms with Gasteiger partial charge in [-0.3, -0.25) is 14.2 Å². The van der Waals surface area contributed by atoms with Crippen LogP contribution in [0.2, 0.25) is 0 Å². The second-order valence-corrected chi connectivity index (χ2v) is 11.3. The van der Waals surface area contributed by atoms with Crippen LogP contribution in [0, 0.1) is 23.5 Å². The van der Waals surface area contributed by atoms with Crippen molar-refractivity contribution in [2.75, 3.05) is 25.2 Å². The molecule has 4 aliphatic carbocycles. The number of hydrogen-bond donors (Lipinski definition) is 1. The van der Waals surface area contributed by atoms with Gasteiger partial charge < -0.3 is 10.2 Å². The number of aromatic nitrogens is 2. The smallest absolute Gasteiger partial charge is 0.257 e. The molecule has 0 saturated heterocycles. The highest BCUT2D eigenvalue weighted by Gasteiger charge is 2.58. The molecule has 200 valence electrons. The second-order valence-electron chi connectivity index (χ2n) is 11.3. The molecule has 4 saturated carbocycles. The number of anilines is 1. The summed E-state index contributed by atoms with van der Waals surface area (Å²) < 4.78 is 58.3. The molecule has 1 aromatic carbocycles. The number of benzene rings is 1. The van der Waals surface area contributed by atoms with Crippen molar-refractivity contribution in [2.45, 2.75) is 49.7 Å². The summed E-state index contributed by atoms with van der Waals surface area (Å²) in [4.78, 5) is 33.1. The Kier molecular flexibility index (Phi) is 5.77. The highest BCUT2D eigenvalue weighted by Crippen LogP contribution is 2.59. The van der Waals surface area contributed by atoms with E-state index in [1.807, 2.05) is 0 Å². The minimum Gasteiger partial charge on any atom is -0.357 e. The molecule has 10 heteroatoms. The predicted molar refractivity (Wildman–Crippen MR) is 135 cm³/mol. The van der Waals surface area contributed by atoms with Crippen LogP contribution in [-0.2, 0) is 0 Å². The van der Waals surface area contributed by atoms with Gasteiger partial charge in [0.15, 0.2) is 5.65 Å². The van der Waals surface area contributed by atoms with E-state index in [1.165, 1.54) is 33.9 Å². The zero-order valence-electron chi connectivity index (χ0n) is 20.9. The monoisotopic (exact) mass is 528 g/mol. The van der Waals surface area contributed by atoms with Gasteiger partial charge in [0, 0.05) is 37.8 Å². The first kappa shape index (κ1) is 24.9. The average molecular weight is 529 g/mol. The van der Waals surface area contributed by atoms with Crippen LogP contribution >= 0.6 is 0 Å². The first-order valence-corrected chi connectivity index (χ1v) is 12.9. The Balaban J connectivity index is 1.46. The molecule has 1 N–H and O–H groups in total. The van der Waals surface area contributed by atoms with E-state index in [1.54, 1.807) is 7.05 Å². The van der Waals surface area contributed by atoms with Crippen molar-refractivity contribution in [3.05, 3.63) is 63.9 Å². The van der Waals surface area contributed by atoms with E-state index in [0.29, 0.717) is 37.6 Å². The van der Waals surface area contributed by atoms with Gasteiger partial charge >= 0.3 is 0 Å². The van der Waals surface area contributed by atoms with Crippen molar-refractivity contribution in [1.29, 1.82) is 0 Å². The zero-order chi connectivity index (χ0) is 26.8. The highest BCUT2D eigenvalue weighted by atomic mass is 19.1. The summed E-state index contributed by atoms with van der Waals surface area (Å²) in [6, 6.07) is 5.95. The third kappa shape index (κ3) is 4.14. The van der Waals surface area contributed by atoms with E-state index in [2.05, 4.69) is 10.3 Å². The molecule has 7 rings (SSSR count). The second kappa shape index (κ2) is 8.81. The number of nitrogens with one attached hydrogen (secondary N) is 1. The van der Waals surface area contributed by atoms with E-state index < -0.39 is 40.9 Å². The highest BCUT2D eigenvalue weighted by molar-refractivity contribution is 5.97. The lowest BCUT2D eigenvalue weighted by Crippen LogP contribution is -2.64. The third-order valence-corrected chi connectivity index (χ3v) is 8.43. The quantitative estimate of drug-likeness (QED) is 0.464. The van der Waals surface area contributed by atoms with Crippen molar-refractivity contribution >= 4 is 22.8 Å². The fourth-order valence-corrected chi connectivity index (χ4v) is 7.27. The van der Waals surface area contributed by atoms with Crippen LogP contribution in [0.25, 0.3) is 16.7 Å². The van der Waals surface area contributed by atoms with E-state index >= 15 is 4.39 Å². The Bertz CT molecular complexity index is 1490. The molecule has 1 amide bonds. The van der Waals surface area contributed by atoms with Crippen molar-refractivity contribution < 1.29 is 22.4 Å². The van der Waals surface area contributed by atoms with Gasteiger partial charge in [-0.15, -0.1) is 0 Å². The fraction of sp³-hybridized carbons (Fsp3) is 0.464. The summed E-state index contributed by atoms with van der Waals surface area (Å²) in [5.41, 5.74) is -2.94. The fourth-order valence-electron chi connectivity index (χ4n) is 7.27. The normalized spacial score (nSPS) is 27.6. The summed E-state index contributed by atoms with van der Waals surface area (Å²) in [6.45, 7) is -0.577. The lowest BCUT2D eigenvalue weighted by molar-refractivity contribution is -0.0937. The molecule has 0 spiro atoms. The molecule has 3 unspecified atom stereocenters. The standard InChI is InChI=1S/C28H28F4N4O2/c1-35(7-6-29)23-5-3-19-24(37)20(14-36(25(19)33-23)22-4-2-18(30)9-21(22)31)26(38)34-28-12-16-8-17(13-28)11-27(32,10-16)15-28/h2-5,9,14,16-17H,6-8,10-13,15H2,1H3,(H,34,38)/t16-,17?,27?,28?/m1/s1. The number of carbonyl (C=O) groups excluding carboxylic acids is 1. The number of amides is 1. The number of hydrogen-bond acceptors (Lipinski definition) is 4. The van der Waals surface area contributed by atoms with Crippen LogP contribution in [-0.4, -0.2) is 46.9 Å². The minimum absolute atomic E-state index is 0.0396. The zero-order valence-corrected chi connectivity index (χ0v) is 20.9. The third-order valence-electron chi connectivity index (χ3n) is 8.43. The van der Waals surface area contributed by atoms with Crippen LogP contribution in [0.1, 0.15) is 48.9 Å². The Morgan fingerprint density at radius 1 is 1.16 bits per heavy atom. The number of carbonyl (C=O) groups is 1. The molecular weight excluding hydrogens is 500 g/mol. The maximum absolute atomic E-state index is 15.5. The van der Waals surface area contributed by atoms with Crippen molar-refractivity contribution in [2.24, 2.45) is 11.8 Å². The van der Waals surface area contributed by atoms with Crippen molar-refractivity contribution in [3.63, 3.8) is 0 Å². The maximum atomic E-state index is 15.5.